The molecule has 0 spiro atoms. The van der Waals surface area contributed by atoms with Crippen LogP contribution in [0, 0.1) is 23.2 Å². The molecule has 1 saturated heterocycles. The lowest BCUT2D eigenvalue weighted by Gasteiger charge is -2.37. The van der Waals surface area contributed by atoms with Crippen LogP contribution in [0.15, 0.2) is 18.6 Å². The number of aliphatic carboxylic acids is 1. The monoisotopic (exact) mass is 513 g/mol. The summed E-state index contributed by atoms with van der Waals surface area (Å²) >= 11 is 0. The number of fused-ring (bicyclic) bond motifs is 1. The van der Waals surface area contributed by atoms with Gasteiger partial charge in [-0.15, -0.1) is 0 Å². The Morgan fingerprint density at radius 1 is 1.00 bits per heavy atom. The lowest BCUT2D eigenvalue weighted by atomic mass is 9.82. The molecule has 3 N–H and O–H groups in total. The molecule has 5 atom stereocenters. The first-order valence-corrected chi connectivity index (χ1v) is 13.5. The molecular weight excluding hydrogens is 474 g/mol. The molecule has 0 bridgehead atoms. The number of carboxylic acids is 1. The first-order valence-electron chi connectivity index (χ1n) is 13.5. The Morgan fingerprint density at radius 2 is 1.73 bits per heavy atom. The second-order valence-corrected chi connectivity index (χ2v) is 11.9. The summed E-state index contributed by atoms with van der Waals surface area (Å²) in [6.45, 7) is 5.97. The number of aromatic nitrogens is 2. The maximum atomic E-state index is 13.9. The number of hydrogen-bond acceptors (Lipinski definition) is 6. The molecule has 3 fully saturated rings. The second-order valence-electron chi connectivity index (χ2n) is 11.9. The van der Waals surface area contributed by atoms with Crippen LogP contribution in [-0.2, 0) is 14.4 Å². The predicted molar refractivity (Wildman–Crippen MR) is 135 cm³/mol. The molecule has 0 radical (unpaired) electrons. The molecule has 0 aromatic carbocycles. The molecule has 4 rings (SSSR count). The van der Waals surface area contributed by atoms with E-state index in [-0.39, 0.29) is 29.4 Å². The van der Waals surface area contributed by atoms with Gasteiger partial charge in [-0.3, -0.25) is 19.4 Å². The van der Waals surface area contributed by atoms with E-state index in [4.69, 9.17) is 0 Å². The number of carbonyl (C=O) groups excluding carboxylic acids is 3. The van der Waals surface area contributed by atoms with Gasteiger partial charge in [0.15, 0.2) is 0 Å². The summed E-state index contributed by atoms with van der Waals surface area (Å²) < 4.78 is 0. The smallest absolute Gasteiger partial charge is 0.326 e. The molecular formula is C27H39N5O5. The average Bonchev–Trinajstić information content (AvgIpc) is 3.47. The Bertz CT molecular complexity index is 1000. The number of nitrogens with zero attached hydrogens (tertiary/aromatic N) is 3. The fraction of sp³-hybridized carbons (Fsp3) is 0.704. The largest absolute Gasteiger partial charge is 0.480 e. The van der Waals surface area contributed by atoms with Crippen LogP contribution < -0.4 is 10.6 Å². The molecule has 3 amide bonds. The van der Waals surface area contributed by atoms with E-state index in [1.54, 1.807) is 0 Å². The lowest BCUT2D eigenvalue weighted by Crippen LogP contribution is -2.61. The van der Waals surface area contributed by atoms with Crippen LogP contribution >= 0.6 is 0 Å². The molecule has 2 heterocycles. The van der Waals surface area contributed by atoms with Gasteiger partial charge < -0.3 is 20.6 Å². The van der Waals surface area contributed by atoms with E-state index in [1.165, 1.54) is 23.5 Å². The summed E-state index contributed by atoms with van der Waals surface area (Å²) in [4.78, 5) is 62.2. The third kappa shape index (κ3) is 5.93. The van der Waals surface area contributed by atoms with E-state index < -0.39 is 41.3 Å². The Balaban J connectivity index is 1.56. The number of amides is 3. The molecule has 10 heteroatoms. The Hall–Kier alpha value is -3.04. The van der Waals surface area contributed by atoms with Gasteiger partial charge >= 0.3 is 5.97 Å². The van der Waals surface area contributed by atoms with Crippen LogP contribution in [0.1, 0.15) is 82.6 Å². The van der Waals surface area contributed by atoms with Crippen molar-refractivity contribution in [2.45, 2.75) is 90.3 Å². The van der Waals surface area contributed by atoms with Gasteiger partial charge in [-0.25, -0.2) is 9.78 Å². The van der Waals surface area contributed by atoms with Gasteiger partial charge in [-0.2, -0.15) is 0 Å². The molecule has 1 aromatic rings. The van der Waals surface area contributed by atoms with Crippen LogP contribution in [0.4, 0.5) is 0 Å². The molecule has 2 aliphatic carbocycles. The molecule has 1 aliphatic heterocycles. The zero-order valence-electron chi connectivity index (χ0n) is 22.0. The Morgan fingerprint density at radius 3 is 2.35 bits per heavy atom. The summed E-state index contributed by atoms with van der Waals surface area (Å²) in [5.41, 5.74) is -0.549. The van der Waals surface area contributed by atoms with Crippen molar-refractivity contribution in [1.82, 2.24) is 25.5 Å². The zero-order chi connectivity index (χ0) is 26.7. The number of nitrogens with one attached hydrogen (secondary N) is 2. The van der Waals surface area contributed by atoms with Crippen LogP contribution in [-0.4, -0.2) is 68.3 Å². The molecule has 37 heavy (non-hydrogen) atoms. The predicted octanol–water partition coefficient (Wildman–Crippen LogP) is 2.40. The summed E-state index contributed by atoms with van der Waals surface area (Å²) in [5, 5.41) is 15.8. The fourth-order valence-electron chi connectivity index (χ4n) is 6.39. The number of rotatable bonds is 7. The van der Waals surface area contributed by atoms with Gasteiger partial charge in [0.05, 0.1) is 6.20 Å². The van der Waals surface area contributed by atoms with Crippen molar-refractivity contribution in [2.75, 3.05) is 6.54 Å². The van der Waals surface area contributed by atoms with E-state index >= 15 is 0 Å². The topological polar surface area (TPSA) is 142 Å². The van der Waals surface area contributed by atoms with E-state index in [9.17, 15) is 24.3 Å². The molecule has 1 aromatic heterocycles. The summed E-state index contributed by atoms with van der Waals surface area (Å²) in [5.74, 6) is -2.20. The Kier molecular flexibility index (Phi) is 8.14. The number of likely N-dealkylation sites (tertiary alicyclic amines) is 1. The normalized spacial score (nSPS) is 25.7. The van der Waals surface area contributed by atoms with Gasteiger partial charge in [0.1, 0.15) is 23.8 Å². The van der Waals surface area contributed by atoms with E-state index in [0.717, 1.165) is 51.4 Å². The SMILES string of the molecule is CC(C)(C)[C@H](NC(=O)[C@@H](NC(=O)c1cnccn1)C1CCCCC1)C(=O)N1C[C@@H]2CCC[C@@H]2[C@H]1C(=O)O. The summed E-state index contributed by atoms with van der Waals surface area (Å²) in [7, 11) is 0. The third-order valence-electron chi connectivity index (χ3n) is 8.31. The maximum absolute atomic E-state index is 13.9. The van der Waals surface area contributed by atoms with E-state index in [2.05, 4.69) is 20.6 Å². The van der Waals surface area contributed by atoms with Crippen LogP contribution in [0.25, 0.3) is 0 Å². The van der Waals surface area contributed by atoms with Gasteiger partial charge in [0.2, 0.25) is 11.8 Å². The first kappa shape index (κ1) is 27.0. The van der Waals surface area contributed by atoms with Crippen molar-refractivity contribution in [2.24, 2.45) is 23.2 Å². The minimum atomic E-state index is -0.988. The van der Waals surface area contributed by atoms with Crippen molar-refractivity contribution in [3.8, 4) is 0 Å². The van der Waals surface area contributed by atoms with Crippen molar-refractivity contribution < 1.29 is 24.3 Å². The minimum Gasteiger partial charge on any atom is -0.480 e. The summed E-state index contributed by atoms with van der Waals surface area (Å²) in [6.07, 6.45) is 11.5. The highest BCUT2D eigenvalue weighted by Crippen LogP contribution is 2.43. The van der Waals surface area contributed by atoms with Gasteiger partial charge in [0, 0.05) is 18.9 Å². The van der Waals surface area contributed by atoms with Crippen molar-refractivity contribution in [3.05, 3.63) is 24.3 Å². The number of carboxylic acid groups (broad SMARTS) is 1. The molecule has 202 valence electrons. The first-order chi connectivity index (χ1) is 17.6. The molecule has 10 nitrogen and oxygen atoms in total. The number of hydrogen-bond donors (Lipinski definition) is 3. The van der Waals surface area contributed by atoms with Gasteiger partial charge in [-0.05, 0) is 48.9 Å². The van der Waals surface area contributed by atoms with E-state index in [1.807, 2.05) is 20.8 Å². The zero-order valence-corrected chi connectivity index (χ0v) is 22.0. The third-order valence-corrected chi connectivity index (χ3v) is 8.31. The fourth-order valence-corrected chi connectivity index (χ4v) is 6.39. The van der Waals surface area contributed by atoms with Crippen LogP contribution in [0.5, 0.6) is 0 Å². The minimum absolute atomic E-state index is 0.0426. The van der Waals surface area contributed by atoms with Crippen molar-refractivity contribution in [3.63, 3.8) is 0 Å². The van der Waals surface area contributed by atoms with Gasteiger partial charge in [-0.1, -0.05) is 46.5 Å². The highest BCUT2D eigenvalue weighted by atomic mass is 16.4. The standard InChI is InChI=1S/C27H39N5O5/c1-27(2,3)22(25(35)32-15-17-10-7-11-18(17)21(32)26(36)37)31-24(34)20(16-8-5-4-6-9-16)30-23(33)19-14-28-12-13-29-19/h12-14,16-18,20-22H,4-11,15H2,1-3H3,(H,30,33)(H,31,34)(H,36,37)/t17-,18-,20-,21-,22+/m0/s1. The molecule has 3 aliphatic rings. The van der Waals surface area contributed by atoms with Crippen LogP contribution in [0.2, 0.25) is 0 Å². The number of carbonyl (C=O) groups is 4. The van der Waals surface area contributed by atoms with E-state index in [0.29, 0.717) is 6.54 Å². The maximum Gasteiger partial charge on any atom is 0.326 e. The quantitative estimate of drug-likeness (QED) is 0.508. The average molecular weight is 514 g/mol. The lowest BCUT2D eigenvalue weighted by molar-refractivity contribution is -0.152. The van der Waals surface area contributed by atoms with Crippen LogP contribution in [0.3, 0.4) is 0 Å². The van der Waals surface area contributed by atoms with Gasteiger partial charge in [0.25, 0.3) is 5.91 Å². The summed E-state index contributed by atoms with van der Waals surface area (Å²) in [6, 6.07) is -2.63. The molecule has 0 unspecified atom stereocenters. The second kappa shape index (κ2) is 11.1. The highest BCUT2D eigenvalue weighted by Gasteiger charge is 2.52. The van der Waals surface area contributed by atoms with Crippen molar-refractivity contribution in [1.29, 1.82) is 0 Å². The van der Waals surface area contributed by atoms with Crippen molar-refractivity contribution >= 4 is 23.7 Å². The Labute approximate surface area is 218 Å². The molecule has 2 saturated carbocycles. The highest BCUT2D eigenvalue weighted by molar-refractivity contribution is 5.97.